The maximum absolute atomic E-state index is 10.8. The van der Waals surface area contributed by atoms with Gasteiger partial charge in [-0.25, -0.2) is 0 Å². The van der Waals surface area contributed by atoms with Crippen molar-refractivity contribution in [3.05, 3.63) is 46.0 Å². The summed E-state index contributed by atoms with van der Waals surface area (Å²) in [6, 6.07) is 8.76. The summed E-state index contributed by atoms with van der Waals surface area (Å²) in [5.41, 5.74) is 0.728. The molecule has 0 radical (unpaired) electrons. The number of nitro benzene ring substituents is 1. The molecule has 0 aromatic heterocycles. The molecule has 0 saturated heterocycles. The lowest BCUT2D eigenvalue weighted by Gasteiger charge is -1.99. The molecule has 100 valence electrons. The van der Waals surface area contributed by atoms with Crippen LogP contribution in [-0.4, -0.2) is 18.0 Å². The van der Waals surface area contributed by atoms with Crippen LogP contribution in [0.15, 0.2) is 30.3 Å². The predicted octanol–water partition coefficient (Wildman–Crippen LogP) is 2.89. The summed E-state index contributed by atoms with van der Waals surface area (Å²) in [6.07, 6.45) is 6.07. The number of para-hydroxylation sites is 1. The Kier molecular flexibility index (Phi) is 6.92. The summed E-state index contributed by atoms with van der Waals surface area (Å²) < 4.78 is 0. The van der Waals surface area contributed by atoms with Gasteiger partial charge in [0.05, 0.1) is 16.6 Å². The third-order valence-corrected chi connectivity index (χ3v) is 2.59. The van der Waals surface area contributed by atoms with Crippen molar-refractivity contribution in [3.8, 4) is 6.07 Å². The van der Waals surface area contributed by atoms with E-state index in [-0.39, 0.29) is 10.6 Å². The number of nitrogens with zero attached hydrogens (tertiary/aromatic N) is 2. The highest BCUT2D eigenvalue weighted by Gasteiger charge is 2.08. The Bertz CT molecular complexity index is 478. The largest absolute Gasteiger partial charge is 0.313 e. The second kappa shape index (κ2) is 8.84. The monoisotopic (exact) mass is 259 g/mol. The molecule has 1 N–H and O–H groups in total. The van der Waals surface area contributed by atoms with E-state index in [1.165, 1.54) is 6.07 Å². The van der Waals surface area contributed by atoms with Crippen LogP contribution in [0.5, 0.6) is 0 Å². The maximum atomic E-state index is 10.8. The van der Waals surface area contributed by atoms with Crippen molar-refractivity contribution in [1.29, 1.82) is 5.26 Å². The van der Waals surface area contributed by atoms with Crippen LogP contribution < -0.4 is 5.32 Å². The molecule has 5 heteroatoms. The number of nitrogens with one attached hydrogen (secondary N) is 1. The van der Waals surface area contributed by atoms with Gasteiger partial charge in [0.15, 0.2) is 0 Å². The molecule has 0 unspecified atom stereocenters. The van der Waals surface area contributed by atoms with Crippen LogP contribution in [-0.2, 0) is 0 Å². The molecule has 1 aromatic rings. The number of nitriles is 1. The number of rotatable bonds is 8. The van der Waals surface area contributed by atoms with Gasteiger partial charge in [-0.3, -0.25) is 10.1 Å². The van der Waals surface area contributed by atoms with Crippen LogP contribution >= 0.6 is 0 Å². The van der Waals surface area contributed by atoms with Crippen LogP contribution in [0.2, 0.25) is 0 Å². The Morgan fingerprint density at radius 3 is 2.89 bits per heavy atom. The standard InChI is InChI=1S/C14H17N3O2/c15-10-4-1-5-11-16-12-6-8-13-7-2-3-9-14(13)17(18)19/h2-3,6-9,16H,1,4-5,11-12H2/b8-6+. The van der Waals surface area contributed by atoms with E-state index in [0.717, 1.165) is 19.4 Å². The fourth-order valence-corrected chi connectivity index (χ4v) is 1.62. The van der Waals surface area contributed by atoms with Gasteiger partial charge >= 0.3 is 0 Å². The van der Waals surface area contributed by atoms with Gasteiger partial charge < -0.3 is 5.32 Å². The minimum atomic E-state index is -0.380. The van der Waals surface area contributed by atoms with E-state index in [1.807, 2.05) is 6.08 Å². The fourth-order valence-electron chi connectivity index (χ4n) is 1.62. The zero-order valence-electron chi connectivity index (χ0n) is 10.7. The second-order valence-corrected chi connectivity index (χ2v) is 4.04. The molecular formula is C14H17N3O2. The molecule has 0 saturated carbocycles. The quantitative estimate of drug-likeness (QED) is 0.442. The van der Waals surface area contributed by atoms with Crippen LogP contribution in [0, 0.1) is 21.4 Å². The van der Waals surface area contributed by atoms with Crippen molar-refractivity contribution < 1.29 is 4.92 Å². The third kappa shape index (κ3) is 5.80. The van der Waals surface area contributed by atoms with E-state index in [4.69, 9.17) is 5.26 Å². The van der Waals surface area contributed by atoms with E-state index in [1.54, 1.807) is 24.3 Å². The zero-order chi connectivity index (χ0) is 13.9. The summed E-state index contributed by atoms with van der Waals surface area (Å²) in [7, 11) is 0. The highest BCUT2D eigenvalue weighted by Crippen LogP contribution is 2.18. The van der Waals surface area contributed by atoms with Gasteiger partial charge in [0.2, 0.25) is 0 Å². The van der Waals surface area contributed by atoms with Gasteiger partial charge in [-0.2, -0.15) is 5.26 Å². The number of unbranched alkanes of at least 4 members (excludes halogenated alkanes) is 2. The van der Waals surface area contributed by atoms with Crippen molar-refractivity contribution >= 4 is 11.8 Å². The van der Waals surface area contributed by atoms with E-state index < -0.39 is 0 Å². The van der Waals surface area contributed by atoms with Gasteiger partial charge in [-0.1, -0.05) is 24.3 Å². The molecule has 0 fully saturated rings. The van der Waals surface area contributed by atoms with Crippen LogP contribution in [0.3, 0.4) is 0 Å². The van der Waals surface area contributed by atoms with E-state index in [9.17, 15) is 10.1 Å². The first kappa shape index (κ1) is 14.9. The summed E-state index contributed by atoms with van der Waals surface area (Å²) >= 11 is 0. The Morgan fingerprint density at radius 1 is 1.37 bits per heavy atom. The average Bonchev–Trinajstić information content (AvgIpc) is 2.42. The van der Waals surface area contributed by atoms with Crippen molar-refractivity contribution in [2.45, 2.75) is 19.3 Å². The molecule has 1 rings (SSSR count). The molecule has 0 heterocycles. The minimum Gasteiger partial charge on any atom is -0.313 e. The van der Waals surface area contributed by atoms with Gasteiger partial charge in [-0.05, 0) is 25.5 Å². The van der Waals surface area contributed by atoms with E-state index in [2.05, 4.69) is 11.4 Å². The van der Waals surface area contributed by atoms with Gasteiger partial charge in [0.25, 0.3) is 5.69 Å². The molecule has 0 atom stereocenters. The third-order valence-electron chi connectivity index (χ3n) is 2.59. The van der Waals surface area contributed by atoms with Crippen molar-refractivity contribution in [1.82, 2.24) is 5.32 Å². The minimum absolute atomic E-state index is 0.118. The number of hydrogen-bond donors (Lipinski definition) is 1. The van der Waals surface area contributed by atoms with Crippen LogP contribution in [0.4, 0.5) is 5.69 Å². The van der Waals surface area contributed by atoms with Gasteiger partial charge in [-0.15, -0.1) is 0 Å². The lowest BCUT2D eigenvalue weighted by atomic mass is 10.1. The average molecular weight is 259 g/mol. The molecule has 1 aromatic carbocycles. The smallest absolute Gasteiger partial charge is 0.276 e. The number of hydrogen-bond acceptors (Lipinski definition) is 4. The van der Waals surface area contributed by atoms with Crippen molar-refractivity contribution in [3.63, 3.8) is 0 Å². The normalized spacial score (nSPS) is 10.5. The lowest BCUT2D eigenvalue weighted by molar-refractivity contribution is -0.385. The Morgan fingerprint density at radius 2 is 2.16 bits per heavy atom. The summed E-state index contributed by atoms with van der Waals surface area (Å²) in [5, 5.41) is 22.4. The zero-order valence-corrected chi connectivity index (χ0v) is 10.7. The summed E-state index contributed by atoms with van der Waals surface area (Å²) in [6.45, 7) is 1.52. The summed E-state index contributed by atoms with van der Waals surface area (Å²) in [4.78, 5) is 10.4. The predicted molar refractivity (Wildman–Crippen MR) is 74.5 cm³/mol. The first-order valence-corrected chi connectivity index (χ1v) is 6.23. The van der Waals surface area contributed by atoms with Gasteiger partial charge in [0.1, 0.15) is 0 Å². The molecule has 0 aliphatic heterocycles. The topological polar surface area (TPSA) is 79.0 Å². The maximum Gasteiger partial charge on any atom is 0.276 e. The number of benzene rings is 1. The molecule has 0 bridgehead atoms. The summed E-state index contributed by atoms with van der Waals surface area (Å²) in [5.74, 6) is 0. The van der Waals surface area contributed by atoms with Crippen molar-refractivity contribution in [2.24, 2.45) is 0 Å². The molecule has 0 aliphatic rings. The van der Waals surface area contributed by atoms with Crippen molar-refractivity contribution in [2.75, 3.05) is 13.1 Å². The molecule has 0 amide bonds. The Labute approximate surface area is 112 Å². The fraction of sp³-hybridized carbons (Fsp3) is 0.357. The highest BCUT2D eigenvalue weighted by molar-refractivity contribution is 5.60. The van der Waals surface area contributed by atoms with Crippen LogP contribution in [0.1, 0.15) is 24.8 Å². The molecule has 0 spiro atoms. The first-order valence-electron chi connectivity index (χ1n) is 6.23. The van der Waals surface area contributed by atoms with E-state index in [0.29, 0.717) is 18.5 Å². The molecule has 5 nitrogen and oxygen atoms in total. The molecule has 0 aliphatic carbocycles. The number of nitro groups is 1. The Balaban J connectivity index is 2.33. The molecule has 19 heavy (non-hydrogen) atoms. The van der Waals surface area contributed by atoms with E-state index >= 15 is 0 Å². The highest BCUT2D eigenvalue weighted by atomic mass is 16.6. The van der Waals surface area contributed by atoms with Crippen LogP contribution in [0.25, 0.3) is 6.08 Å². The SMILES string of the molecule is N#CCCCCNC/C=C/c1ccccc1[N+](=O)[O-]. The first-order chi connectivity index (χ1) is 9.25. The Hall–Kier alpha value is -2.19. The lowest BCUT2D eigenvalue weighted by Crippen LogP contribution is -2.14. The second-order valence-electron chi connectivity index (χ2n) is 4.04. The molecular weight excluding hydrogens is 242 g/mol. The van der Waals surface area contributed by atoms with Gasteiger partial charge in [0, 0.05) is 19.0 Å².